The molecule has 138 valence electrons. The van der Waals surface area contributed by atoms with Crippen molar-refractivity contribution in [2.24, 2.45) is 0 Å². The van der Waals surface area contributed by atoms with Gasteiger partial charge in [-0.2, -0.15) is 0 Å². The first kappa shape index (κ1) is 18.1. The number of carbonyl (C=O) groups is 1. The quantitative estimate of drug-likeness (QED) is 0.627. The lowest BCUT2D eigenvalue weighted by molar-refractivity contribution is -0.116. The predicted octanol–water partition coefficient (Wildman–Crippen LogP) is 5.50. The van der Waals surface area contributed by atoms with Crippen LogP contribution in [0.25, 0.3) is 0 Å². The average molecular weight is 386 g/mol. The number of rotatable bonds is 7. The zero-order chi connectivity index (χ0) is 17.8. The minimum atomic E-state index is 0.438. The molecule has 0 amide bonds. The van der Waals surface area contributed by atoms with E-state index in [0.717, 1.165) is 64.5 Å². The van der Waals surface area contributed by atoms with Crippen molar-refractivity contribution in [3.05, 3.63) is 55.9 Å². The standard InChI is InChI=1S/C22H27NOS2/c24-22-7-1-4-17-16-18(8-9-21(17)22)23(12-10-19-5-2-14-25-19)13-11-20-6-3-15-26-20/h2-3,5-6,14-15,18H,1,4,7-13,16H2. The van der Waals surface area contributed by atoms with Crippen molar-refractivity contribution >= 4 is 28.5 Å². The Balaban J connectivity index is 1.43. The summed E-state index contributed by atoms with van der Waals surface area (Å²) in [6, 6.07) is 9.43. The Kier molecular flexibility index (Phi) is 6.03. The molecule has 0 aromatic carbocycles. The molecule has 1 unspecified atom stereocenters. The van der Waals surface area contributed by atoms with E-state index in [1.807, 2.05) is 22.7 Å². The summed E-state index contributed by atoms with van der Waals surface area (Å²) in [6.45, 7) is 2.26. The summed E-state index contributed by atoms with van der Waals surface area (Å²) < 4.78 is 0. The second-order valence-corrected chi connectivity index (χ2v) is 9.51. The monoisotopic (exact) mass is 385 g/mol. The van der Waals surface area contributed by atoms with Gasteiger partial charge in [0, 0.05) is 35.3 Å². The Hall–Kier alpha value is -1.23. The first-order chi connectivity index (χ1) is 12.8. The third-order valence-corrected chi connectivity index (χ3v) is 7.70. The average Bonchev–Trinajstić information content (AvgIpc) is 3.36. The highest BCUT2D eigenvalue weighted by Gasteiger charge is 2.30. The summed E-state index contributed by atoms with van der Waals surface area (Å²) in [4.78, 5) is 17.9. The molecule has 2 aromatic heterocycles. The number of ketones is 1. The van der Waals surface area contributed by atoms with E-state index in [0.29, 0.717) is 11.8 Å². The number of carbonyl (C=O) groups excluding carboxylic acids is 1. The van der Waals surface area contributed by atoms with Crippen molar-refractivity contribution in [2.75, 3.05) is 13.1 Å². The van der Waals surface area contributed by atoms with Crippen LogP contribution in [0.3, 0.4) is 0 Å². The van der Waals surface area contributed by atoms with Crippen molar-refractivity contribution in [2.45, 2.75) is 57.4 Å². The second-order valence-electron chi connectivity index (χ2n) is 7.45. The minimum absolute atomic E-state index is 0.438. The zero-order valence-electron chi connectivity index (χ0n) is 15.3. The number of thiophene rings is 2. The van der Waals surface area contributed by atoms with Crippen LogP contribution in [0.1, 0.15) is 48.3 Å². The molecule has 0 radical (unpaired) electrons. The first-order valence-corrected chi connectivity index (χ1v) is 11.6. The predicted molar refractivity (Wildman–Crippen MR) is 111 cm³/mol. The fraction of sp³-hybridized carbons (Fsp3) is 0.500. The molecule has 2 aliphatic carbocycles. The molecule has 0 aliphatic heterocycles. The number of allylic oxidation sites excluding steroid dienone is 1. The van der Waals surface area contributed by atoms with Crippen LogP contribution < -0.4 is 0 Å². The van der Waals surface area contributed by atoms with Crippen LogP contribution in [0.5, 0.6) is 0 Å². The lowest BCUT2D eigenvalue weighted by Crippen LogP contribution is -2.40. The third kappa shape index (κ3) is 4.36. The van der Waals surface area contributed by atoms with E-state index in [9.17, 15) is 4.79 Å². The number of hydrogen-bond donors (Lipinski definition) is 0. The van der Waals surface area contributed by atoms with E-state index in [1.165, 1.54) is 20.9 Å². The molecular weight excluding hydrogens is 358 g/mol. The molecule has 1 atom stereocenters. The Morgan fingerprint density at radius 2 is 1.65 bits per heavy atom. The molecule has 2 nitrogen and oxygen atoms in total. The van der Waals surface area contributed by atoms with Crippen LogP contribution >= 0.6 is 22.7 Å². The van der Waals surface area contributed by atoms with E-state index >= 15 is 0 Å². The molecule has 4 rings (SSSR count). The Labute approximate surface area is 164 Å². The maximum Gasteiger partial charge on any atom is 0.158 e. The fourth-order valence-electron chi connectivity index (χ4n) is 4.41. The Morgan fingerprint density at radius 3 is 2.27 bits per heavy atom. The maximum atomic E-state index is 12.2. The molecular formula is C22H27NOS2. The van der Waals surface area contributed by atoms with Gasteiger partial charge in [-0.15, -0.1) is 22.7 Å². The minimum Gasteiger partial charge on any atom is -0.299 e. The Bertz CT molecular complexity index is 707. The van der Waals surface area contributed by atoms with Gasteiger partial charge in [0.25, 0.3) is 0 Å². The van der Waals surface area contributed by atoms with Gasteiger partial charge >= 0.3 is 0 Å². The van der Waals surface area contributed by atoms with Gasteiger partial charge in [0.2, 0.25) is 0 Å². The van der Waals surface area contributed by atoms with Crippen molar-refractivity contribution in [3.8, 4) is 0 Å². The highest BCUT2D eigenvalue weighted by Crippen LogP contribution is 2.35. The van der Waals surface area contributed by atoms with Crippen molar-refractivity contribution in [1.82, 2.24) is 4.90 Å². The molecule has 4 heteroatoms. The van der Waals surface area contributed by atoms with Crippen LogP contribution in [-0.4, -0.2) is 29.8 Å². The maximum absolute atomic E-state index is 12.2. The van der Waals surface area contributed by atoms with Gasteiger partial charge in [-0.3, -0.25) is 9.69 Å². The van der Waals surface area contributed by atoms with Gasteiger partial charge in [-0.1, -0.05) is 17.7 Å². The summed E-state index contributed by atoms with van der Waals surface area (Å²) >= 11 is 3.73. The summed E-state index contributed by atoms with van der Waals surface area (Å²) in [5.74, 6) is 0.438. The van der Waals surface area contributed by atoms with Gasteiger partial charge in [-0.05, 0) is 73.4 Å². The summed E-state index contributed by atoms with van der Waals surface area (Å²) in [7, 11) is 0. The number of hydrogen-bond acceptors (Lipinski definition) is 4. The molecule has 0 saturated heterocycles. The van der Waals surface area contributed by atoms with E-state index in [2.05, 4.69) is 39.9 Å². The molecule has 0 spiro atoms. The fourth-order valence-corrected chi connectivity index (χ4v) is 5.80. The van der Waals surface area contributed by atoms with Gasteiger partial charge in [0.15, 0.2) is 5.78 Å². The summed E-state index contributed by atoms with van der Waals surface area (Å²) in [5, 5.41) is 4.35. The van der Waals surface area contributed by atoms with Crippen LogP contribution in [0.4, 0.5) is 0 Å². The van der Waals surface area contributed by atoms with Crippen LogP contribution in [0.2, 0.25) is 0 Å². The zero-order valence-corrected chi connectivity index (χ0v) is 16.9. The number of Topliss-reactive ketones (excluding diaryl/α,β-unsaturated/α-hetero) is 1. The van der Waals surface area contributed by atoms with E-state index in [4.69, 9.17) is 0 Å². The van der Waals surface area contributed by atoms with Gasteiger partial charge in [0.05, 0.1) is 0 Å². The lowest BCUT2D eigenvalue weighted by atomic mass is 9.79. The van der Waals surface area contributed by atoms with Gasteiger partial charge in [-0.25, -0.2) is 0 Å². The van der Waals surface area contributed by atoms with E-state index in [1.54, 1.807) is 0 Å². The second kappa shape index (κ2) is 8.64. The van der Waals surface area contributed by atoms with Crippen LogP contribution in [-0.2, 0) is 17.6 Å². The molecule has 0 fully saturated rings. The smallest absolute Gasteiger partial charge is 0.158 e. The van der Waals surface area contributed by atoms with Gasteiger partial charge in [0.1, 0.15) is 0 Å². The first-order valence-electron chi connectivity index (χ1n) is 9.82. The molecule has 0 bridgehead atoms. The normalized spacial score (nSPS) is 20.7. The molecule has 2 heterocycles. The molecule has 2 aliphatic rings. The third-order valence-electron chi connectivity index (χ3n) is 5.82. The summed E-state index contributed by atoms with van der Waals surface area (Å²) in [6.07, 6.45) is 8.57. The Morgan fingerprint density at radius 1 is 0.962 bits per heavy atom. The van der Waals surface area contributed by atoms with Crippen LogP contribution in [0.15, 0.2) is 46.2 Å². The largest absolute Gasteiger partial charge is 0.299 e. The molecule has 26 heavy (non-hydrogen) atoms. The van der Waals surface area contributed by atoms with E-state index < -0.39 is 0 Å². The van der Waals surface area contributed by atoms with Crippen molar-refractivity contribution < 1.29 is 4.79 Å². The van der Waals surface area contributed by atoms with Gasteiger partial charge < -0.3 is 0 Å². The highest BCUT2D eigenvalue weighted by atomic mass is 32.1. The van der Waals surface area contributed by atoms with Crippen molar-refractivity contribution in [1.29, 1.82) is 0 Å². The molecule has 0 N–H and O–H groups in total. The highest BCUT2D eigenvalue weighted by molar-refractivity contribution is 7.10. The molecule has 0 saturated carbocycles. The molecule has 2 aromatic rings. The summed E-state index contributed by atoms with van der Waals surface area (Å²) in [5.41, 5.74) is 2.68. The lowest BCUT2D eigenvalue weighted by Gasteiger charge is -2.37. The topological polar surface area (TPSA) is 20.3 Å². The van der Waals surface area contributed by atoms with E-state index in [-0.39, 0.29) is 0 Å². The SMILES string of the molecule is O=C1CCCC2=C1CCC(N(CCc1cccs1)CCc1cccs1)C2. The van der Waals surface area contributed by atoms with Crippen LogP contribution in [0, 0.1) is 0 Å². The number of nitrogens with zero attached hydrogens (tertiary/aromatic N) is 1. The van der Waals surface area contributed by atoms with Crippen molar-refractivity contribution in [3.63, 3.8) is 0 Å².